The molecule has 4 aromatic rings. The molecule has 28 heavy (non-hydrogen) atoms. The van der Waals surface area contributed by atoms with Gasteiger partial charge in [-0.05, 0) is 36.4 Å². The normalized spacial score (nSPS) is 10.4. The minimum atomic E-state index is 0.391. The number of rotatable bonds is 2. The van der Waals surface area contributed by atoms with E-state index in [0.717, 1.165) is 20.1 Å². The van der Waals surface area contributed by atoms with Crippen molar-refractivity contribution in [1.29, 1.82) is 10.5 Å². The molecule has 0 aliphatic rings. The van der Waals surface area contributed by atoms with E-state index in [1.807, 2.05) is 48.5 Å². The highest BCUT2D eigenvalue weighted by atomic mass is 79.9. The van der Waals surface area contributed by atoms with Gasteiger partial charge in [0.2, 0.25) is 0 Å². The Kier molecular flexibility index (Phi) is 4.92. The van der Waals surface area contributed by atoms with Crippen LogP contribution < -0.4 is 0 Å². The first-order valence-electron chi connectivity index (χ1n) is 8.27. The van der Waals surface area contributed by atoms with E-state index < -0.39 is 0 Å². The van der Waals surface area contributed by atoms with Gasteiger partial charge >= 0.3 is 0 Å². The van der Waals surface area contributed by atoms with Gasteiger partial charge in [-0.1, -0.05) is 56.1 Å². The quantitative estimate of drug-likeness (QED) is 0.334. The van der Waals surface area contributed by atoms with E-state index in [4.69, 9.17) is 9.97 Å². The molecule has 6 heteroatoms. The third-order valence-electron chi connectivity index (χ3n) is 4.30. The molecule has 0 spiro atoms. The summed E-state index contributed by atoms with van der Waals surface area (Å²) in [5, 5.41) is 19.0. The van der Waals surface area contributed by atoms with Gasteiger partial charge in [-0.25, -0.2) is 9.97 Å². The Balaban J connectivity index is 2.11. The molecule has 0 fully saturated rings. The molecule has 1 heterocycles. The monoisotopic (exact) mass is 488 g/mol. The molecule has 4 rings (SSSR count). The summed E-state index contributed by atoms with van der Waals surface area (Å²) < 4.78 is 1.92. The second kappa shape index (κ2) is 7.52. The lowest BCUT2D eigenvalue weighted by Gasteiger charge is -2.12. The summed E-state index contributed by atoms with van der Waals surface area (Å²) in [7, 11) is 0. The van der Waals surface area contributed by atoms with Gasteiger partial charge in [-0.2, -0.15) is 10.5 Å². The van der Waals surface area contributed by atoms with Crippen molar-refractivity contribution in [1.82, 2.24) is 9.97 Å². The van der Waals surface area contributed by atoms with Crippen LogP contribution in [0, 0.1) is 22.7 Å². The summed E-state index contributed by atoms with van der Waals surface area (Å²) in [4.78, 5) is 9.58. The molecule has 0 amide bonds. The minimum Gasteiger partial charge on any atom is -0.242 e. The molecule has 0 unspecified atom stereocenters. The van der Waals surface area contributed by atoms with Crippen LogP contribution in [0.15, 0.2) is 69.6 Å². The maximum Gasteiger partial charge on any atom is 0.109 e. The van der Waals surface area contributed by atoms with Crippen molar-refractivity contribution in [2.24, 2.45) is 0 Å². The molecular formula is C22H10Br2N4. The average molecular weight is 490 g/mol. The van der Waals surface area contributed by atoms with Gasteiger partial charge in [0.1, 0.15) is 23.2 Å². The number of hydrogen-bond donors (Lipinski definition) is 0. The molecule has 0 aliphatic heterocycles. The third-order valence-corrected chi connectivity index (χ3v) is 5.36. The van der Waals surface area contributed by atoms with Gasteiger partial charge in [-0.15, -0.1) is 0 Å². The van der Waals surface area contributed by atoms with Crippen molar-refractivity contribution in [3.63, 3.8) is 0 Å². The largest absolute Gasteiger partial charge is 0.242 e. The zero-order valence-corrected chi connectivity index (χ0v) is 17.5. The fourth-order valence-electron chi connectivity index (χ4n) is 2.93. The SMILES string of the molecule is N#Cc1ccc(C#N)c2nc(-c3ccc(Br)cc3)c(-c3ccc(Br)cc3)nc12. The second-order valence-corrected chi connectivity index (χ2v) is 7.85. The van der Waals surface area contributed by atoms with Crippen LogP contribution in [0.1, 0.15) is 11.1 Å². The molecule has 0 aliphatic carbocycles. The summed E-state index contributed by atoms with van der Waals surface area (Å²) in [6, 6.07) is 23.0. The van der Waals surface area contributed by atoms with Crippen molar-refractivity contribution >= 4 is 42.9 Å². The van der Waals surface area contributed by atoms with Crippen LogP contribution in [-0.2, 0) is 0 Å². The summed E-state index contributed by atoms with van der Waals surface area (Å²) in [6.45, 7) is 0. The summed E-state index contributed by atoms with van der Waals surface area (Å²) in [5.41, 5.74) is 4.72. The number of halogens is 2. The van der Waals surface area contributed by atoms with Crippen molar-refractivity contribution in [2.75, 3.05) is 0 Å². The molecule has 0 radical (unpaired) electrons. The van der Waals surface area contributed by atoms with E-state index in [1.54, 1.807) is 12.1 Å². The van der Waals surface area contributed by atoms with E-state index in [-0.39, 0.29) is 0 Å². The third kappa shape index (κ3) is 3.29. The maximum absolute atomic E-state index is 9.50. The first-order valence-corrected chi connectivity index (χ1v) is 9.86. The number of hydrogen-bond acceptors (Lipinski definition) is 4. The van der Waals surface area contributed by atoms with Crippen LogP contribution in [0.25, 0.3) is 33.5 Å². The molecule has 1 aromatic heterocycles. The molecular weight excluding hydrogens is 480 g/mol. The maximum atomic E-state index is 9.50. The lowest BCUT2D eigenvalue weighted by atomic mass is 10.0. The van der Waals surface area contributed by atoms with Crippen LogP contribution in [0.5, 0.6) is 0 Å². The number of aromatic nitrogens is 2. The summed E-state index contributed by atoms with van der Waals surface area (Å²) in [5.74, 6) is 0. The van der Waals surface area contributed by atoms with Gasteiger partial charge in [0.05, 0.1) is 22.5 Å². The zero-order chi connectivity index (χ0) is 19.7. The molecule has 132 valence electrons. The van der Waals surface area contributed by atoms with Crippen molar-refractivity contribution < 1.29 is 0 Å². The van der Waals surface area contributed by atoms with E-state index in [0.29, 0.717) is 33.5 Å². The Morgan fingerprint density at radius 3 is 1.25 bits per heavy atom. The highest BCUT2D eigenvalue weighted by Gasteiger charge is 2.17. The first-order chi connectivity index (χ1) is 13.6. The molecule has 0 atom stereocenters. The Bertz CT molecular complexity index is 1180. The van der Waals surface area contributed by atoms with E-state index in [1.165, 1.54) is 0 Å². The van der Waals surface area contributed by atoms with Crippen molar-refractivity contribution in [3.05, 3.63) is 80.7 Å². The molecule has 4 nitrogen and oxygen atoms in total. The second-order valence-electron chi connectivity index (χ2n) is 6.02. The van der Waals surface area contributed by atoms with Crippen LogP contribution in [0.4, 0.5) is 0 Å². The lowest BCUT2D eigenvalue weighted by molar-refractivity contribution is 1.28. The number of nitriles is 2. The van der Waals surface area contributed by atoms with Gasteiger partial charge in [-0.3, -0.25) is 0 Å². The molecule has 0 N–H and O–H groups in total. The Hall–Kier alpha value is -3.06. The highest BCUT2D eigenvalue weighted by Crippen LogP contribution is 2.33. The van der Waals surface area contributed by atoms with Gasteiger partial charge in [0, 0.05) is 20.1 Å². The molecule has 0 saturated carbocycles. The van der Waals surface area contributed by atoms with Crippen molar-refractivity contribution in [3.8, 4) is 34.7 Å². The smallest absolute Gasteiger partial charge is 0.109 e. The van der Waals surface area contributed by atoms with E-state index >= 15 is 0 Å². The first kappa shape index (κ1) is 18.3. The van der Waals surface area contributed by atoms with Gasteiger partial charge < -0.3 is 0 Å². The standard InChI is InChI=1S/C22H10Br2N4/c23-17-7-3-13(4-8-17)19-20(14-5-9-18(24)10-6-14)28-22-16(12-26)2-1-15(11-25)21(22)27-19/h1-10H. The Morgan fingerprint density at radius 2 is 0.929 bits per heavy atom. The summed E-state index contributed by atoms with van der Waals surface area (Å²) in [6.07, 6.45) is 0. The Morgan fingerprint density at radius 1 is 0.571 bits per heavy atom. The topological polar surface area (TPSA) is 73.4 Å². The van der Waals surface area contributed by atoms with E-state index in [9.17, 15) is 10.5 Å². The predicted molar refractivity (Wildman–Crippen MR) is 115 cm³/mol. The zero-order valence-electron chi connectivity index (χ0n) is 14.3. The number of fused-ring (bicyclic) bond motifs is 1. The summed E-state index contributed by atoms with van der Waals surface area (Å²) >= 11 is 6.90. The number of benzene rings is 3. The minimum absolute atomic E-state index is 0.391. The van der Waals surface area contributed by atoms with Gasteiger partial charge in [0.15, 0.2) is 0 Å². The van der Waals surface area contributed by atoms with Crippen LogP contribution >= 0.6 is 31.9 Å². The van der Waals surface area contributed by atoms with Gasteiger partial charge in [0.25, 0.3) is 0 Å². The van der Waals surface area contributed by atoms with Crippen LogP contribution in [0.3, 0.4) is 0 Å². The fraction of sp³-hybridized carbons (Fsp3) is 0. The van der Waals surface area contributed by atoms with Crippen LogP contribution in [0.2, 0.25) is 0 Å². The molecule has 0 saturated heterocycles. The van der Waals surface area contributed by atoms with Crippen molar-refractivity contribution in [2.45, 2.75) is 0 Å². The number of nitrogens with zero attached hydrogens (tertiary/aromatic N) is 4. The fourth-order valence-corrected chi connectivity index (χ4v) is 3.46. The average Bonchev–Trinajstić information content (AvgIpc) is 2.73. The van der Waals surface area contributed by atoms with Crippen LogP contribution in [-0.4, -0.2) is 9.97 Å². The Labute approximate surface area is 178 Å². The molecule has 0 bridgehead atoms. The highest BCUT2D eigenvalue weighted by molar-refractivity contribution is 9.10. The molecule has 3 aromatic carbocycles. The lowest BCUT2D eigenvalue weighted by Crippen LogP contribution is -1.99. The van der Waals surface area contributed by atoms with E-state index in [2.05, 4.69) is 44.0 Å². The predicted octanol–water partition coefficient (Wildman–Crippen LogP) is 6.23.